The normalized spacial score (nSPS) is 17.1. The summed E-state index contributed by atoms with van der Waals surface area (Å²) in [5.74, 6) is -1.09. The van der Waals surface area contributed by atoms with Gasteiger partial charge in [-0.2, -0.15) is 0 Å². The minimum Gasteiger partial charge on any atom is -0.317 e. The molecule has 1 unspecified atom stereocenters. The van der Waals surface area contributed by atoms with Crippen LogP contribution in [0.25, 0.3) is 0 Å². The van der Waals surface area contributed by atoms with Crippen LogP contribution in [0.4, 0.5) is 19.3 Å². The molecule has 7 heteroatoms. The van der Waals surface area contributed by atoms with Crippen molar-refractivity contribution in [3.05, 3.63) is 64.1 Å². The molecular formula is C17H17F2N3O2. The number of carbonyl (C=O) groups excluding carboxylic acids is 1. The fraction of sp³-hybridized carbons (Fsp3) is 0.294. The monoisotopic (exact) mass is 333 g/mol. The number of benzene rings is 1. The topological polar surface area (TPSA) is 54.3 Å². The molecular weight excluding hydrogens is 316 g/mol. The van der Waals surface area contributed by atoms with Gasteiger partial charge in [0.15, 0.2) is 0 Å². The van der Waals surface area contributed by atoms with Gasteiger partial charge in [0.05, 0.1) is 6.04 Å². The van der Waals surface area contributed by atoms with Crippen LogP contribution < -0.4 is 10.9 Å². The van der Waals surface area contributed by atoms with E-state index in [4.69, 9.17) is 0 Å². The van der Waals surface area contributed by atoms with Gasteiger partial charge >= 0.3 is 6.03 Å². The molecule has 126 valence electrons. The van der Waals surface area contributed by atoms with Crippen LogP contribution in [-0.4, -0.2) is 22.0 Å². The summed E-state index contributed by atoms with van der Waals surface area (Å²) in [4.78, 5) is 25.9. The molecule has 0 bridgehead atoms. The highest BCUT2D eigenvalue weighted by Crippen LogP contribution is 2.34. The maximum Gasteiger partial charge on any atom is 0.322 e. The van der Waals surface area contributed by atoms with Crippen molar-refractivity contribution in [3.63, 3.8) is 0 Å². The molecule has 0 aliphatic carbocycles. The number of urea groups is 1. The highest BCUT2D eigenvalue weighted by Gasteiger charge is 2.32. The van der Waals surface area contributed by atoms with Gasteiger partial charge in [0.2, 0.25) is 0 Å². The molecule has 1 aromatic heterocycles. The van der Waals surface area contributed by atoms with Crippen LogP contribution in [0.1, 0.15) is 24.4 Å². The van der Waals surface area contributed by atoms with Crippen molar-refractivity contribution in [3.8, 4) is 0 Å². The van der Waals surface area contributed by atoms with Crippen LogP contribution in [-0.2, 0) is 7.05 Å². The molecule has 1 saturated heterocycles. The second-order valence-corrected chi connectivity index (χ2v) is 5.79. The fourth-order valence-electron chi connectivity index (χ4n) is 2.98. The molecule has 0 radical (unpaired) electrons. The zero-order valence-electron chi connectivity index (χ0n) is 13.1. The summed E-state index contributed by atoms with van der Waals surface area (Å²) in [6.45, 7) is 0.416. The van der Waals surface area contributed by atoms with Crippen LogP contribution in [0.5, 0.6) is 0 Å². The molecule has 1 atom stereocenters. The Morgan fingerprint density at radius 1 is 1.29 bits per heavy atom. The molecule has 2 aromatic rings. The molecule has 0 saturated carbocycles. The largest absolute Gasteiger partial charge is 0.322 e. The Labute approximate surface area is 137 Å². The maximum atomic E-state index is 14.0. The number of aryl methyl sites for hydroxylation is 1. The molecule has 2 amide bonds. The first-order valence-corrected chi connectivity index (χ1v) is 7.65. The van der Waals surface area contributed by atoms with E-state index in [1.165, 1.54) is 15.5 Å². The van der Waals surface area contributed by atoms with Gasteiger partial charge in [-0.3, -0.25) is 4.79 Å². The summed E-state index contributed by atoms with van der Waals surface area (Å²) in [6, 6.07) is 5.34. The third kappa shape index (κ3) is 3.02. The van der Waals surface area contributed by atoms with Gasteiger partial charge in [0.25, 0.3) is 5.56 Å². The van der Waals surface area contributed by atoms with E-state index in [0.29, 0.717) is 19.4 Å². The maximum absolute atomic E-state index is 14.0. The molecule has 0 spiro atoms. The number of halogens is 2. The number of hydrogen-bond donors (Lipinski definition) is 1. The summed E-state index contributed by atoms with van der Waals surface area (Å²) in [5, 5.41) is 2.56. The average molecular weight is 333 g/mol. The number of hydrogen-bond acceptors (Lipinski definition) is 2. The number of nitrogens with one attached hydrogen (secondary N) is 1. The van der Waals surface area contributed by atoms with Crippen molar-refractivity contribution in [2.24, 2.45) is 7.05 Å². The van der Waals surface area contributed by atoms with Gasteiger partial charge < -0.3 is 14.8 Å². The minimum absolute atomic E-state index is 0.148. The number of likely N-dealkylation sites (tertiary alicyclic amines) is 1. The lowest BCUT2D eigenvalue weighted by atomic mass is 10.0. The summed E-state index contributed by atoms with van der Waals surface area (Å²) in [6.07, 6.45) is 2.81. The van der Waals surface area contributed by atoms with Crippen molar-refractivity contribution in [1.29, 1.82) is 0 Å². The van der Waals surface area contributed by atoms with E-state index in [-0.39, 0.29) is 16.8 Å². The van der Waals surface area contributed by atoms with Gasteiger partial charge in [-0.25, -0.2) is 13.6 Å². The Morgan fingerprint density at radius 3 is 2.88 bits per heavy atom. The number of aromatic nitrogens is 1. The Balaban J connectivity index is 1.85. The number of nitrogens with zero attached hydrogens (tertiary/aromatic N) is 2. The third-order valence-corrected chi connectivity index (χ3v) is 4.20. The van der Waals surface area contributed by atoms with E-state index in [1.54, 1.807) is 19.3 Å². The number of rotatable bonds is 2. The standard InChI is InChI=1S/C17H17F2N3O2/c1-21-8-2-4-14(16(21)23)20-17(24)22-9-3-5-15(22)12-10-11(18)6-7-13(12)19/h2,4,6-8,10,15H,3,5,9H2,1H3,(H,20,24). The Kier molecular flexibility index (Phi) is 4.33. The predicted octanol–water partition coefficient (Wildman–Crippen LogP) is 3.03. The lowest BCUT2D eigenvalue weighted by Crippen LogP contribution is -2.36. The first-order chi connectivity index (χ1) is 11.5. The van der Waals surface area contributed by atoms with Crippen molar-refractivity contribution in [2.45, 2.75) is 18.9 Å². The van der Waals surface area contributed by atoms with Crippen molar-refractivity contribution in [1.82, 2.24) is 9.47 Å². The van der Waals surface area contributed by atoms with E-state index in [0.717, 1.165) is 18.2 Å². The number of anilines is 1. The van der Waals surface area contributed by atoms with Crippen molar-refractivity contribution in [2.75, 3.05) is 11.9 Å². The van der Waals surface area contributed by atoms with E-state index >= 15 is 0 Å². The van der Waals surface area contributed by atoms with Crippen LogP contribution in [0.15, 0.2) is 41.3 Å². The van der Waals surface area contributed by atoms with Crippen LogP contribution >= 0.6 is 0 Å². The second kappa shape index (κ2) is 6.43. The molecule has 3 rings (SSSR count). The average Bonchev–Trinajstić information content (AvgIpc) is 3.03. The zero-order chi connectivity index (χ0) is 17.3. The summed E-state index contributed by atoms with van der Waals surface area (Å²) in [7, 11) is 1.58. The lowest BCUT2D eigenvalue weighted by molar-refractivity contribution is 0.206. The van der Waals surface area contributed by atoms with E-state index in [9.17, 15) is 18.4 Å². The van der Waals surface area contributed by atoms with Gasteiger partial charge in [0.1, 0.15) is 17.3 Å². The smallest absolute Gasteiger partial charge is 0.317 e. The first kappa shape index (κ1) is 16.2. The third-order valence-electron chi connectivity index (χ3n) is 4.20. The predicted molar refractivity (Wildman–Crippen MR) is 85.7 cm³/mol. The summed E-state index contributed by atoms with van der Waals surface area (Å²) in [5.41, 5.74) is -0.0301. The molecule has 2 heterocycles. The van der Waals surface area contributed by atoms with Crippen LogP contribution in [0, 0.1) is 11.6 Å². The summed E-state index contributed by atoms with van der Waals surface area (Å²) >= 11 is 0. The van der Waals surface area contributed by atoms with Crippen molar-refractivity contribution < 1.29 is 13.6 Å². The molecule has 1 fully saturated rings. The quantitative estimate of drug-likeness (QED) is 0.918. The fourth-order valence-corrected chi connectivity index (χ4v) is 2.98. The molecule has 5 nitrogen and oxygen atoms in total. The SMILES string of the molecule is Cn1cccc(NC(=O)N2CCCC2c2cc(F)ccc2F)c1=O. The Hall–Kier alpha value is -2.70. The van der Waals surface area contributed by atoms with E-state index < -0.39 is 23.7 Å². The minimum atomic E-state index is -0.548. The number of carbonyl (C=O) groups is 1. The molecule has 1 aliphatic rings. The molecule has 1 aliphatic heterocycles. The number of amides is 2. The van der Waals surface area contributed by atoms with Gasteiger partial charge in [-0.05, 0) is 43.2 Å². The van der Waals surface area contributed by atoms with E-state index in [1.807, 2.05) is 0 Å². The molecule has 1 aromatic carbocycles. The Morgan fingerprint density at radius 2 is 2.08 bits per heavy atom. The highest BCUT2D eigenvalue weighted by atomic mass is 19.1. The van der Waals surface area contributed by atoms with Gasteiger partial charge in [-0.1, -0.05) is 0 Å². The summed E-state index contributed by atoms with van der Waals surface area (Å²) < 4.78 is 28.8. The van der Waals surface area contributed by atoms with E-state index in [2.05, 4.69) is 5.32 Å². The van der Waals surface area contributed by atoms with Crippen LogP contribution in [0.3, 0.4) is 0 Å². The first-order valence-electron chi connectivity index (χ1n) is 7.65. The van der Waals surface area contributed by atoms with Gasteiger partial charge in [0, 0.05) is 25.4 Å². The lowest BCUT2D eigenvalue weighted by Gasteiger charge is -2.25. The Bertz CT molecular complexity index is 835. The van der Waals surface area contributed by atoms with Crippen LogP contribution in [0.2, 0.25) is 0 Å². The molecule has 24 heavy (non-hydrogen) atoms. The second-order valence-electron chi connectivity index (χ2n) is 5.79. The van der Waals surface area contributed by atoms with Gasteiger partial charge in [-0.15, -0.1) is 0 Å². The number of pyridine rings is 1. The molecule has 1 N–H and O–H groups in total. The zero-order valence-corrected chi connectivity index (χ0v) is 13.1. The van der Waals surface area contributed by atoms with Crippen molar-refractivity contribution >= 4 is 11.7 Å². The highest BCUT2D eigenvalue weighted by molar-refractivity contribution is 5.89.